The van der Waals surface area contributed by atoms with Gasteiger partial charge in [0.25, 0.3) is 0 Å². The molecule has 0 aliphatic carbocycles. The molecule has 0 aromatic carbocycles. The van der Waals surface area contributed by atoms with Gasteiger partial charge in [-0.2, -0.15) is 11.8 Å². The topological polar surface area (TPSA) is 12.0 Å². The molecule has 0 aromatic rings. The van der Waals surface area contributed by atoms with E-state index < -0.39 is 0 Å². The van der Waals surface area contributed by atoms with Crippen LogP contribution in [0.3, 0.4) is 0 Å². The Labute approximate surface area is 70.7 Å². The molecule has 2 atom stereocenters. The number of nitrogens with one attached hydrogen (secondary N) is 1. The molecule has 10 heavy (non-hydrogen) atoms. The Morgan fingerprint density at radius 2 is 2.30 bits per heavy atom. The lowest BCUT2D eigenvalue weighted by Gasteiger charge is -2.15. The summed E-state index contributed by atoms with van der Waals surface area (Å²) in [6, 6.07) is 0. The third-order valence-corrected chi connectivity index (χ3v) is 4.68. The minimum atomic E-state index is 0.801. The molecular formula is C7H13NS2. The molecular weight excluding hydrogens is 162 g/mol. The predicted octanol–water partition coefficient (Wildman–Crippen LogP) is 1.40. The molecule has 58 valence electrons. The third kappa shape index (κ3) is 1.46. The Kier molecular flexibility index (Phi) is 2.47. The Balaban J connectivity index is 1.85. The summed E-state index contributed by atoms with van der Waals surface area (Å²) in [4.78, 5) is 0. The van der Waals surface area contributed by atoms with Crippen molar-refractivity contribution < 1.29 is 0 Å². The first-order valence-electron chi connectivity index (χ1n) is 3.89. The maximum Gasteiger partial charge on any atom is 0.0569 e. The van der Waals surface area contributed by atoms with Gasteiger partial charge in [-0.25, -0.2) is 0 Å². The van der Waals surface area contributed by atoms with Crippen LogP contribution in [0, 0.1) is 5.92 Å². The fourth-order valence-electron chi connectivity index (χ4n) is 1.54. The molecule has 2 aliphatic heterocycles. The quantitative estimate of drug-likeness (QED) is 0.647. The smallest absolute Gasteiger partial charge is 0.0569 e. The van der Waals surface area contributed by atoms with Crippen molar-refractivity contribution in [3.63, 3.8) is 0 Å². The first-order chi connectivity index (χ1) is 4.97. The molecule has 1 N–H and O–H groups in total. The summed E-state index contributed by atoms with van der Waals surface area (Å²) in [5.74, 6) is 5.08. The van der Waals surface area contributed by atoms with Gasteiger partial charge in [0.1, 0.15) is 0 Å². The zero-order valence-corrected chi connectivity index (χ0v) is 7.64. The van der Waals surface area contributed by atoms with Gasteiger partial charge in [-0.3, -0.25) is 0 Å². The van der Waals surface area contributed by atoms with Crippen LogP contribution < -0.4 is 5.32 Å². The normalized spacial score (nSPS) is 40.8. The van der Waals surface area contributed by atoms with Crippen LogP contribution in [-0.4, -0.2) is 29.2 Å². The maximum absolute atomic E-state index is 3.55. The molecule has 1 nitrogen and oxygen atoms in total. The van der Waals surface area contributed by atoms with E-state index in [0.717, 1.165) is 11.3 Å². The van der Waals surface area contributed by atoms with Crippen LogP contribution in [0.4, 0.5) is 0 Å². The lowest BCUT2D eigenvalue weighted by molar-refractivity contribution is 0.514. The van der Waals surface area contributed by atoms with Gasteiger partial charge in [-0.1, -0.05) is 0 Å². The van der Waals surface area contributed by atoms with Gasteiger partial charge in [-0.05, 0) is 23.8 Å². The van der Waals surface area contributed by atoms with Crippen LogP contribution in [0.25, 0.3) is 0 Å². The van der Waals surface area contributed by atoms with Crippen LogP contribution in [0.15, 0.2) is 0 Å². The highest BCUT2D eigenvalue weighted by Gasteiger charge is 2.27. The Bertz CT molecular complexity index is 92.2. The number of hydrogen-bond acceptors (Lipinski definition) is 3. The Morgan fingerprint density at radius 1 is 1.30 bits per heavy atom. The summed E-state index contributed by atoms with van der Waals surface area (Å²) in [5.41, 5.74) is 0. The van der Waals surface area contributed by atoms with Crippen molar-refractivity contribution in [2.75, 3.05) is 23.8 Å². The van der Waals surface area contributed by atoms with Crippen molar-refractivity contribution in [3.05, 3.63) is 0 Å². The maximum atomic E-state index is 3.55. The molecule has 0 amide bonds. The number of rotatable bonds is 1. The van der Waals surface area contributed by atoms with Crippen molar-refractivity contribution in [2.24, 2.45) is 5.92 Å². The van der Waals surface area contributed by atoms with Crippen molar-refractivity contribution in [2.45, 2.75) is 11.8 Å². The molecule has 2 unspecified atom stereocenters. The van der Waals surface area contributed by atoms with E-state index in [2.05, 4.69) is 28.8 Å². The molecule has 2 fully saturated rings. The van der Waals surface area contributed by atoms with E-state index in [4.69, 9.17) is 0 Å². The largest absolute Gasteiger partial charge is 0.304 e. The van der Waals surface area contributed by atoms with E-state index in [1.165, 1.54) is 30.2 Å². The summed E-state index contributed by atoms with van der Waals surface area (Å²) in [6.45, 7) is 1.23. The average molecular weight is 175 g/mol. The van der Waals surface area contributed by atoms with Gasteiger partial charge in [-0.15, -0.1) is 11.8 Å². The van der Waals surface area contributed by atoms with Crippen molar-refractivity contribution in [3.8, 4) is 0 Å². The molecule has 2 saturated heterocycles. The van der Waals surface area contributed by atoms with E-state index in [-0.39, 0.29) is 0 Å². The molecule has 3 heteroatoms. The minimum Gasteiger partial charge on any atom is -0.304 e. The molecule has 0 bridgehead atoms. The third-order valence-electron chi connectivity index (χ3n) is 2.14. The van der Waals surface area contributed by atoms with E-state index in [1.807, 2.05) is 0 Å². The lowest BCUT2D eigenvalue weighted by Crippen LogP contribution is -2.28. The molecule has 0 saturated carbocycles. The van der Waals surface area contributed by atoms with Gasteiger partial charge in [0, 0.05) is 12.3 Å². The van der Waals surface area contributed by atoms with Crippen molar-refractivity contribution in [1.29, 1.82) is 0 Å². The fraction of sp³-hybridized carbons (Fsp3) is 1.00. The average Bonchev–Trinajstić information content (AvgIpc) is 2.59. The van der Waals surface area contributed by atoms with Gasteiger partial charge in [0.2, 0.25) is 0 Å². The summed E-state index contributed by atoms with van der Waals surface area (Å²) in [7, 11) is 0. The summed E-state index contributed by atoms with van der Waals surface area (Å²) < 4.78 is 0. The highest BCUT2D eigenvalue weighted by Crippen LogP contribution is 2.32. The van der Waals surface area contributed by atoms with Crippen molar-refractivity contribution >= 4 is 23.5 Å². The predicted molar refractivity (Wildman–Crippen MR) is 49.7 cm³/mol. The van der Waals surface area contributed by atoms with Crippen LogP contribution in [0.5, 0.6) is 0 Å². The first-order valence-corrected chi connectivity index (χ1v) is 6.10. The molecule has 0 aromatic heterocycles. The van der Waals surface area contributed by atoms with Gasteiger partial charge in [0.05, 0.1) is 5.37 Å². The van der Waals surface area contributed by atoms with Gasteiger partial charge in [0.15, 0.2) is 0 Å². The molecule has 2 heterocycles. The second kappa shape index (κ2) is 3.37. The minimum absolute atomic E-state index is 0.801. The molecule has 0 spiro atoms. The number of hydrogen-bond donors (Lipinski definition) is 1. The second-order valence-electron chi connectivity index (χ2n) is 2.87. The summed E-state index contributed by atoms with van der Waals surface area (Å²) in [6.07, 6.45) is 1.44. The molecule has 2 aliphatic rings. The summed E-state index contributed by atoms with van der Waals surface area (Å²) >= 11 is 4.23. The van der Waals surface area contributed by atoms with E-state index >= 15 is 0 Å². The molecule has 2 rings (SSSR count). The second-order valence-corrected chi connectivity index (χ2v) is 5.27. The van der Waals surface area contributed by atoms with Gasteiger partial charge < -0.3 is 5.32 Å². The standard InChI is InChI=1S/C7H13NS2/c1-3-9-5-6(1)7-8-2-4-10-7/h6-8H,1-5H2. The van der Waals surface area contributed by atoms with Crippen LogP contribution >= 0.6 is 23.5 Å². The monoisotopic (exact) mass is 175 g/mol. The van der Waals surface area contributed by atoms with E-state index in [1.54, 1.807) is 0 Å². The van der Waals surface area contributed by atoms with Crippen LogP contribution in [-0.2, 0) is 0 Å². The Morgan fingerprint density at radius 3 is 2.90 bits per heavy atom. The SMILES string of the molecule is C1CSC(C2CCSC2)N1. The number of thioether (sulfide) groups is 2. The van der Waals surface area contributed by atoms with E-state index in [9.17, 15) is 0 Å². The van der Waals surface area contributed by atoms with Crippen molar-refractivity contribution in [1.82, 2.24) is 5.32 Å². The first kappa shape index (κ1) is 7.32. The fourth-order valence-corrected chi connectivity index (χ4v) is 4.19. The lowest BCUT2D eigenvalue weighted by atomic mass is 10.1. The van der Waals surface area contributed by atoms with E-state index in [0.29, 0.717) is 0 Å². The van der Waals surface area contributed by atoms with Crippen LogP contribution in [0.2, 0.25) is 0 Å². The molecule has 0 radical (unpaired) electrons. The summed E-state index contributed by atoms with van der Waals surface area (Å²) in [5, 5.41) is 4.35. The van der Waals surface area contributed by atoms with Crippen LogP contribution in [0.1, 0.15) is 6.42 Å². The highest BCUT2D eigenvalue weighted by molar-refractivity contribution is 8.00. The highest BCUT2D eigenvalue weighted by atomic mass is 32.2. The zero-order chi connectivity index (χ0) is 6.81. The Hall–Kier alpha value is 0.660. The van der Waals surface area contributed by atoms with Gasteiger partial charge >= 0.3 is 0 Å². The zero-order valence-electron chi connectivity index (χ0n) is 6.01.